The monoisotopic (exact) mass is 194 g/mol. The minimum absolute atomic E-state index is 0.869. The molecule has 2 aromatic heterocycles. The predicted octanol–water partition coefficient (Wildman–Crippen LogP) is 2.43. The van der Waals surface area contributed by atoms with Gasteiger partial charge in [0.25, 0.3) is 0 Å². The van der Waals surface area contributed by atoms with E-state index in [2.05, 4.69) is 21.4 Å². The highest BCUT2D eigenvalue weighted by Crippen LogP contribution is 2.19. The molecule has 3 heteroatoms. The fourth-order valence-corrected chi connectivity index (χ4v) is 1.56. The Balaban J connectivity index is 2.22. The van der Waals surface area contributed by atoms with Crippen LogP contribution in [-0.2, 0) is 0 Å². The molecule has 3 aromatic rings. The minimum atomic E-state index is 0.869. The summed E-state index contributed by atoms with van der Waals surface area (Å²) in [5, 5.41) is 7.98. The van der Waals surface area contributed by atoms with Gasteiger partial charge in [0.1, 0.15) is 0 Å². The summed E-state index contributed by atoms with van der Waals surface area (Å²) in [6, 6.07) is 11.9. The Labute approximate surface area is 86.8 Å². The third-order valence-electron chi connectivity index (χ3n) is 2.31. The van der Waals surface area contributed by atoms with E-state index < -0.39 is 0 Å². The molecule has 15 heavy (non-hydrogen) atoms. The Bertz CT molecular complexity index is 585. The zero-order valence-corrected chi connectivity index (χ0v) is 7.94. The molecule has 0 spiro atoms. The van der Waals surface area contributed by atoms with E-state index in [9.17, 15) is 0 Å². The molecular formula is C12H8N3. The maximum absolute atomic E-state index is 4.26. The Morgan fingerprint density at radius 3 is 2.93 bits per heavy atom. The van der Waals surface area contributed by atoms with Gasteiger partial charge in [0, 0.05) is 17.1 Å². The van der Waals surface area contributed by atoms with E-state index in [-0.39, 0.29) is 0 Å². The van der Waals surface area contributed by atoms with E-state index in [1.165, 1.54) is 0 Å². The SMILES string of the molecule is [c]1nc2ccccc2cc1-c1cc[nH]n1. The number of hydrogen-bond acceptors (Lipinski definition) is 2. The summed E-state index contributed by atoms with van der Waals surface area (Å²) in [6.07, 6.45) is 4.77. The van der Waals surface area contributed by atoms with Crippen molar-refractivity contribution in [3.05, 3.63) is 48.8 Å². The molecule has 0 bridgehead atoms. The van der Waals surface area contributed by atoms with Crippen LogP contribution in [0, 0.1) is 6.20 Å². The van der Waals surface area contributed by atoms with Crippen molar-refractivity contribution in [2.24, 2.45) is 0 Å². The molecule has 0 saturated heterocycles. The zero-order chi connectivity index (χ0) is 10.1. The van der Waals surface area contributed by atoms with E-state index >= 15 is 0 Å². The fraction of sp³-hybridized carbons (Fsp3) is 0. The lowest BCUT2D eigenvalue weighted by Crippen LogP contribution is -1.83. The third kappa shape index (κ3) is 1.38. The van der Waals surface area contributed by atoms with Crippen LogP contribution < -0.4 is 0 Å². The van der Waals surface area contributed by atoms with Crippen LogP contribution in [0.5, 0.6) is 0 Å². The first-order chi connectivity index (χ1) is 7.43. The summed E-state index contributed by atoms with van der Waals surface area (Å²) in [6.45, 7) is 0. The maximum atomic E-state index is 4.26. The fourth-order valence-electron chi connectivity index (χ4n) is 1.56. The Hall–Kier alpha value is -2.16. The van der Waals surface area contributed by atoms with Gasteiger partial charge in [-0.25, -0.2) is 4.98 Å². The van der Waals surface area contributed by atoms with Gasteiger partial charge in [-0.1, -0.05) is 18.2 Å². The van der Waals surface area contributed by atoms with Gasteiger partial charge in [0.05, 0.1) is 17.4 Å². The summed E-state index contributed by atoms with van der Waals surface area (Å²) < 4.78 is 0. The average Bonchev–Trinajstić information content (AvgIpc) is 2.82. The number of fused-ring (bicyclic) bond motifs is 1. The number of hydrogen-bond donors (Lipinski definition) is 1. The van der Waals surface area contributed by atoms with Gasteiger partial charge >= 0.3 is 0 Å². The van der Waals surface area contributed by atoms with Crippen molar-refractivity contribution in [3.8, 4) is 11.3 Å². The predicted molar refractivity (Wildman–Crippen MR) is 58.2 cm³/mol. The molecule has 0 aliphatic heterocycles. The van der Waals surface area contributed by atoms with Crippen LogP contribution in [0.1, 0.15) is 0 Å². The largest absolute Gasteiger partial charge is 0.285 e. The van der Waals surface area contributed by atoms with Gasteiger partial charge < -0.3 is 0 Å². The van der Waals surface area contributed by atoms with Gasteiger partial charge in [-0.3, -0.25) is 5.10 Å². The normalized spacial score (nSPS) is 10.7. The molecule has 71 valence electrons. The van der Waals surface area contributed by atoms with Crippen molar-refractivity contribution >= 4 is 10.9 Å². The Morgan fingerprint density at radius 2 is 2.07 bits per heavy atom. The first kappa shape index (κ1) is 8.17. The highest BCUT2D eigenvalue weighted by Gasteiger charge is 2.02. The van der Waals surface area contributed by atoms with Gasteiger partial charge in [-0.05, 0) is 18.2 Å². The number of H-pyrrole nitrogens is 1. The van der Waals surface area contributed by atoms with Crippen molar-refractivity contribution < 1.29 is 0 Å². The second kappa shape index (κ2) is 3.20. The van der Waals surface area contributed by atoms with Crippen LogP contribution in [0.4, 0.5) is 0 Å². The van der Waals surface area contributed by atoms with Gasteiger partial charge in [0.2, 0.25) is 0 Å². The first-order valence-corrected chi connectivity index (χ1v) is 4.71. The lowest BCUT2D eigenvalue weighted by atomic mass is 10.1. The Kier molecular flexibility index (Phi) is 1.75. The van der Waals surface area contributed by atoms with Crippen molar-refractivity contribution in [1.29, 1.82) is 0 Å². The molecule has 1 radical (unpaired) electrons. The molecule has 0 atom stereocenters. The third-order valence-corrected chi connectivity index (χ3v) is 2.31. The van der Waals surface area contributed by atoms with Crippen LogP contribution in [-0.4, -0.2) is 15.2 Å². The summed E-state index contributed by atoms with van der Waals surface area (Å²) >= 11 is 0. The molecule has 3 rings (SSSR count). The number of aromatic amines is 1. The summed E-state index contributed by atoms with van der Waals surface area (Å²) in [7, 11) is 0. The first-order valence-electron chi connectivity index (χ1n) is 4.71. The number of nitrogens with one attached hydrogen (secondary N) is 1. The summed E-state index contributed by atoms with van der Waals surface area (Å²) in [5.74, 6) is 0. The van der Waals surface area contributed by atoms with Crippen LogP contribution in [0.25, 0.3) is 22.2 Å². The van der Waals surface area contributed by atoms with Gasteiger partial charge in [0.15, 0.2) is 0 Å². The molecule has 0 unspecified atom stereocenters. The molecule has 2 heterocycles. The molecule has 0 saturated carbocycles. The Morgan fingerprint density at radius 1 is 1.13 bits per heavy atom. The van der Waals surface area contributed by atoms with Crippen molar-refractivity contribution in [2.75, 3.05) is 0 Å². The van der Waals surface area contributed by atoms with Gasteiger partial charge in [-0.2, -0.15) is 5.10 Å². The molecule has 1 aromatic carbocycles. The van der Waals surface area contributed by atoms with Crippen LogP contribution >= 0.6 is 0 Å². The number of para-hydroxylation sites is 1. The van der Waals surface area contributed by atoms with Crippen LogP contribution in [0.2, 0.25) is 0 Å². The summed E-state index contributed by atoms with van der Waals surface area (Å²) in [5.41, 5.74) is 2.74. The quantitative estimate of drug-likeness (QED) is 0.646. The van der Waals surface area contributed by atoms with E-state index in [1.54, 1.807) is 6.20 Å². The van der Waals surface area contributed by atoms with Gasteiger partial charge in [-0.15, -0.1) is 0 Å². The molecule has 0 aliphatic carbocycles. The number of nitrogens with zero attached hydrogens (tertiary/aromatic N) is 2. The minimum Gasteiger partial charge on any atom is -0.285 e. The molecule has 0 amide bonds. The molecule has 3 nitrogen and oxygen atoms in total. The standard InChI is InChI=1S/C12H8N3/c1-2-4-11-9(3-1)7-10(8-13-11)12-5-6-14-15-12/h1-7H,(H,14,15). The molecule has 1 N–H and O–H groups in total. The number of benzene rings is 1. The number of pyridine rings is 1. The van der Waals surface area contributed by atoms with Crippen LogP contribution in [0.3, 0.4) is 0 Å². The lowest BCUT2D eigenvalue weighted by Gasteiger charge is -1.98. The number of aromatic nitrogens is 3. The maximum Gasteiger partial charge on any atom is 0.0995 e. The average molecular weight is 194 g/mol. The van der Waals surface area contributed by atoms with Crippen molar-refractivity contribution in [2.45, 2.75) is 0 Å². The molecular weight excluding hydrogens is 186 g/mol. The number of rotatable bonds is 1. The van der Waals surface area contributed by atoms with E-state index in [0.29, 0.717) is 0 Å². The smallest absolute Gasteiger partial charge is 0.0995 e. The second-order valence-corrected chi connectivity index (χ2v) is 3.30. The van der Waals surface area contributed by atoms with E-state index in [4.69, 9.17) is 0 Å². The highest BCUT2D eigenvalue weighted by molar-refractivity contribution is 5.82. The van der Waals surface area contributed by atoms with Crippen molar-refractivity contribution in [3.63, 3.8) is 0 Å². The van der Waals surface area contributed by atoms with Crippen molar-refractivity contribution in [1.82, 2.24) is 15.2 Å². The molecule has 0 aliphatic rings. The second-order valence-electron chi connectivity index (χ2n) is 3.30. The zero-order valence-electron chi connectivity index (χ0n) is 7.94. The topological polar surface area (TPSA) is 41.6 Å². The van der Waals surface area contributed by atoms with Crippen LogP contribution in [0.15, 0.2) is 42.6 Å². The summed E-state index contributed by atoms with van der Waals surface area (Å²) in [4.78, 5) is 4.26. The van der Waals surface area contributed by atoms with E-state index in [1.807, 2.05) is 36.4 Å². The molecule has 0 fully saturated rings. The highest BCUT2D eigenvalue weighted by atomic mass is 15.1. The van der Waals surface area contributed by atoms with E-state index in [0.717, 1.165) is 22.2 Å². The lowest BCUT2D eigenvalue weighted by molar-refractivity contribution is 1.09.